The molecule has 0 aliphatic carbocycles. The number of benzene rings is 1. The zero-order valence-corrected chi connectivity index (χ0v) is 29.9. The van der Waals surface area contributed by atoms with E-state index in [0.29, 0.717) is 93.9 Å². The Morgan fingerprint density at radius 2 is 1.44 bits per heavy atom. The molecule has 3 aromatic rings. The average molecular weight is 697 g/mol. The zero-order valence-electron chi connectivity index (χ0n) is 29.1. The summed E-state index contributed by atoms with van der Waals surface area (Å²) in [7, 11) is 0. The number of hydrogen-bond acceptors (Lipinski definition) is 12. The number of phenols is 1. The molecule has 0 bridgehead atoms. The number of nitrogens with zero attached hydrogens (tertiary/aromatic N) is 6. The zero-order chi connectivity index (χ0) is 34.9. The first kappa shape index (κ1) is 34.5. The van der Waals surface area contributed by atoms with Gasteiger partial charge in [-0.3, -0.25) is 0 Å². The number of thioether (sulfide) groups is 1. The molecule has 0 radical (unpaired) electrons. The van der Waals surface area contributed by atoms with E-state index >= 15 is 0 Å². The highest BCUT2D eigenvalue weighted by Crippen LogP contribution is 2.42. The summed E-state index contributed by atoms with van der Waals surface area (Å²) in [5.74, 6) is 2.67. The molecule has 262 valence electrons. The van der Waals surface area contributed by atoms with Crippen LogP contribution in [0.4, 0.5) is 11.6 Å². The van der Waals surface area contributed by atoms with Crippen molar-refractivity contribution in [2.75, 3.05) is 68.2 Å². The molecule has 50 heavy (non-hydrogen) atoms. The molecule has 1 aromatic carbocycles. The third kappa shape index (κ3) is 7.14. The summed E-state index contributed by atoms with van der Waals surface area (Å²) in [6.07, 6.45) is 2.25. The van der Waals surface area contributed by atoms with Crippen LogP contribution < -0.4 is 9.80 Å². The van der Waals surface area contributed by atoms with E-state index in [-0.39, 0.29) is 5.75 Å². The van der Waals surface area contributed by atoms with Gasteiger partial charge in [0.25, 0.3) is 0 Å². The molecule has 0 amide bonds. The maximum atomic E-state index is 10.6. The van der Waals surface area contributed by atoms with Gasteiger partial charge in [-0.15, -0.1) is 11.8 Å². The number of aromatic nitrogens is 2. The molecule has 0 spiro atoms. The Labute approximate surface area is 298 Å². The lowest BCUT2D eigenvalue weighted by Crippen LogP contribution is -2.43. The normalized spacial score (nSPS) is 21.5. The van der Waals surface area contributed by atoms with Crippen LogP contribution in [0.1, 0.15) is 65.4 Å². The van der Waals surface area contributed by atoms with Gasteiger partial charge in [-0.1, -0.05) is 12.1 Å². The van der Waals surface area contributed by atoms with E-state index < -0.39 is 11.2 Å². The van der Waals surface area contributed by atoms with Gasteiger partial charge in [0.1, 0.15) is 34.5 Å². The van der Waals surface area contributed by atoms with Crippen molar-refractivity contribution in [2.24, 2.45) is 0 Å². The van der Waals surface area contributed by atoms with Crippen LogP contribution >= 0.6 is 11.8 Å². The molecule has 2 saturated heterocycles. The van der Waals surface area contributed by atoms with Crippen molar-refractivity contribution >= 4 is 23.4 Å². The summed E-state index contributed by atoms with van der Waals surface area (Å²) in [5, 5.41) is 31.9. The fourth-order valence-electron chi connectivity index (χ4n) is 7.45. The van der Waals surface area contributed by atoms with Crippen LogP contribution in [0.15, 0.2) is 29.3 Å². The number of rotatable bonds is 8. The number of fused-ring (bicyclic) bond motifs is 2. The Kier molecular flexibility index (Phi) is 9.93. The predicted molar refractivity (Wildman–Crippen MR) is 190 cm³/mol. The van der Waals surface area contributed by atoms with Gasteiger partial charge in [-0.05, 0) is 56.0 Å². The maximum absolute atomic E-state index is 10.6. The molecule has 6 heterocycles. The van der Waals surface area contributed by atoms with Gasteiger partial charge in [0, 0.05) is 62.3 Å². The van der Waals surface area contributed by atoms with Gasteiger partial charge in [-0.25, -0.2) is 9.97 Å². The van der Waals surface area contributed by atoms with E-state index in [0.717, 1.165) is 64.7 Å². The number of pyridine rings is 2. The SMILES string of the molecule is CC1(C)Cc2c(C#N)c(CC3(C)Cc4c(C#N)c(SCCc5cccc(O)c5)nc(N5CCOCC5)c4CO3)nc(N3CCOCC3)c2CO1. The molecule has 7 rings (SSSR count). The first-order valence-corrected chi connectivity index (χ1v) is 18.4. The van der Waals surface area contributed by atoms with Crippen LogP contribution in [0, 0.1) is 22.7 Å². The monoisotopic (exact) mass is 696 g/mol. The Bertz CT molecular complexity index is 1840. The molecule has 4 aliphatic rings. The van der Waals surface area contributed by atoms with E-state index in [1.54, 1.807) is 23.9 Å². The lowest BCUT2D eigenvalue weighted by atomic mass is 9.82. The summed E-state index contributed by atoms with van der Waals surface area (Å²) in [4.78, 5) is 14.8. The van der Waals surface area contributed by atoms with Crippen LogP contribution in [0.2, 0.25) is 0 Å². The van der Waals surface area contributed by atoms with E-state index in [9.17, 15) is 15.6 Å². The highest BCUT2D eigenvalue weighted by molar-refractivity contribution is 7.99. The van der Waals surface area contributed by atoms with Crippen molar-refractivity contribution in [2.45, 2.75) is 75.9 Å². The minimum Gasteiger partial charge on any atom is -0.508 e. The minimum absolute atomic E-state index is 0.244. The molecule has 11 nitrogen and oxygen atoms in total. The summed E-state index contributed by atoms with van der Waals surface area (Å²) in [6, 6.07) is 12.3. The molecular formula is C38H44N6O5S. The number of nitriles is 2. The Hall–Kier alpha value is -3.91. The standard InChI is InChI=1S/C38H44N6O5S/c1-37(2)18-27-29(21-39)33(41-34(31(27)23-48-37)43-8-12-46-13-9-43)20-38(3)19-28-30(22-40)36(50-16-7-25-5-4-6-26(45)17-25)42-35(32(28)24-49-38)44-10-14-47-15-11-44/h4-6,17,45H,7-16,18-20,23-24H2,1-3H3. The predicted octanol–water partition coefficient (Wildman–Crippen LogP) is 4.86. The molecule has 1 N–H and O–H groups in total. The van der Waals surface area contributed by atoms with Crippen molar-refractivity contribution in [3.05, 3.63) is 68.9 Å². The van der Waals surface area contributed by atoms with Gasteiger partial charge in [0.05, 0.1) is 67.7 Å². The Balaban J connectivity index is 1.25. The van der Waals surface area contributed by atoms with Gasteiger partial charge >= 0.3 is 0 Å². The van der Waals surface area contributed by atoms with E-state index in [1.807, 2.05) is 12.1 Å². The van der Waals surface area contributed by atoms with Gasteiger partial charge in [0.2, 0.25) is 0 Å². The maximum Gasteiger partial charge on any atom is 0.135 e. The van der Waals surface area contributed by atoms with Crippen molar-refractivity contribution in [1.82, 2.24) is 9.97 Å². The quantitative estimate of drug-likeness (QED) is 0.322. The van der Waals surface area contributed by atoms with E-state index in [4.69, 9.17) is 28.9 Å². The lowest BCUT2D eigenvalue weighted by Gasteiger charge is -2.40. The third-order valence-electron chi connectivity index (χ3n) is 10.1. The van der Waals surface area contributed by atoms with Crippen LogP contribution in [-0.2, 0) is 57.8 Å². The first-order chi connectivity index (χ1) is 24.2. The topological polar surface area (TPSA) is 137 Å². The van der Waals surface area contributed by atoms with E-state index in [2.05, 4.69) is 42.7 Å². The molecule has 1 atom stereocenters. The second kappa shape index (κ2) is 14.4. The van der Waals surface area contributed by atoms with Crippen LogP contribution in [-0.4, -0.2) is 84.6 Å². The lowest BCUT2D eigenvalue weighted by molar-refractivity contribution is -0.0545. The molecular weight excluding hydrogens is 653 g/mol. The molecule has 2 aromatic heterocycles. The smallest absolute Gasteiger partial charge is 0.135 e. The summed E-state index contributed by atoms with van der Waals surface area (Å²) in [5.41, 5.74) is 5.73. The van der Waals surface area contributed by atoms with E-state index in [1.165, 1.54) is 0 Å². The Morgan fingerprint density at radius 1 is 0.820 bits per heavy atom. The summed E-state index contributed by atoms with van der Waals surface area (Å²) < 4.78 is 24.3. The van der Waals surface area contributed by atoms with Gasteiger partial charge in [0.15, 0.2) is 0 Å². The van der Waals surface area contributed by atoms with Crippen LogP contribution in [0.3, 0.4) is 0 Å². The Morgan fingerprint density at radius 3 is 2.08 bits per heavy atom. The molecule has 1 unspecified atom stereocenters. The van der Waals surface area contributed by atoms with Crippen LogP contribution in [0.25, 0.3) is 0 Å². The van der Waals surface area contributed by atoms with Gasteiger partial charge < -0.3 is 33.9 Å². The molecule has 2 fully saturated rings. The minimum atomic E-state index is -0.721. The third-order valence-corrected chi connectivity index (χ3v) is 11.1. The second-order valence-electron chi connectivity index (χ2n) is 14.3. The number of ether oxygens (including phenoxy) is 4. The number of aromatic hydroxyl groups is 1. The van der Waals surface area contributed by atoms with Crippen LogP contribution in [0.5, 0.6) is 5.75 Å². The number of aryl methyl sites for hydroxylation is 1. The second-order valence-corrected chi connectivity index (χ2v) is 15.4. The molecule has 0 saturated carbocycles. The van der Waals surface area contributed by atoms with Crippen molar-refractivity contribution in [3.63, 3.8) is 0 Å². The molecule has 12 heteroatoms. The highest BCUT2D eigenvalue weighted by atomic mass is 32.2. The number of morpholine rings is 2. The largest absolute Gasteiger partial charge is 0.508 e. The number of hydrogen-bond donors (Lipinski definition) is 1. The summed E-state index contributed by atoms with van der Waals surface area (Å²) in [6.45, 7) is 12.3. The van der Waals surface area contributed by atoms with Gasteiger partial charge in [-0.2, -0.15) is 10.5 Å². The first-order valence-electron chi connectivity index (χ1n) is 17.4. The number of anilines is 2. The van der Waals surface area contributed by atoms with Crippen molar-refractivity contribution < 1.29 is 24.1 Å². The fourth-order valence-corrected chi connectivity index (χ4v) is 8.45. The number of phenolic OH excluding ortho intramolecular Hbond substituents is 1. The molecule has 4 aliphatic heterocycles. The van der Waals surface area contributed by atoms with Crippen molar-refractivity contribution in [3.8, 4) is 17.9 Å². The average Bonchev–Trinajstić information content (AvgIpc) is 3.11. The fraction of sp³-hybridized carbons (Fsp3) is 0.526. The van der Waals surface area contributed by atoms with Crippen molar-refractivity contribution in [1.29, 1.82) is 10.5 Å². The highest BCUT2D eigenvalue weighted by Gasteiger charge is 2.40. The summed E-state index contributed by atoms with van der Waals surface area (Å²) >= 11 is 1.57.